The molecule has 1 nitrogen and oxygen atoms in total. The van der Waals surface area contributed by atoms with Crippen molar-refractivity contribution in [3.8, 4) is 55.6 Å². The topological polar surface area (TPSA) is 3.24 Å². The smallest absolute Gasteiger partial charge is 0.0726 e. The summed E-state index contributed by atoms with van der Waals surface area (Å²) >= 11 is 1.91. The number of hydrogen-bond donors (Lipinski definition) is 0. The highest BCUT2D eigenvalue weighted by Gasteiger charge is 2.52. The van der Waals surface area contributed by atoms with E-state index < -0.39 is 5.41 Å². The first kappa shape index (κ1) is 38.0. The molecule has 2 aliphatic carbocycles. The maximum absolute atomic E-state index is 2.56. The van der Waals surface area contributed by atoms with Gasteiger partial charge in [0.05, 0.1) is 21.5 Å². The second kappa shape index (κ2) is 14.9. The van der Waals surface area contributed by atoms with Crippen molar-refractivity contribution in [3.63, 3.8) is 0 Å². The summed E-state index contributed by atoms with van der Waals surface area (Å²) in [5.41, 5.74) is 20.8. The van der Waals surface area contributed by atoms with Crippen molar-refractivity contribution in [2.24, 2.45) is 0 Å². The summed E-state index contributed by atoms with van der Waals surface area (Å²) in [4.78, 5) is 2.56. The summed E-state index contributed by atoms with van der Waals surface area (Å²) in [6.07, 6.45) is 0. The van der Waals surface area contributed by atoms with E-state index in [0.717, 1.165) is 11.4 Å². The number of hydrogen-bond acceptors (Lipinski definition) is 2. The highest BCUT2D eigenvalue weighted by Crippen LogP contribution is 2.65. The molecule has 67 heavy (non-hydrogen) atoms. The number of fused-ring (bicyclic) bond motifs is 14. The van der Waals surface area contributed by atoms with E-state index in [-0.39, 0.29) is 0 Å². The van der Waals surface area contributed by atoms with E-state index in [0.29, 0.717) is 0 Å². The molecule has 14 rings (SSSR count). The van der Waals surface area contributed by atoms with Gasteiger partial charge in [-0.15, -0.1) is 11.3 Å². The van der Waals surface area contributed by atoms with Crippen LogP contribution in [0.3, 0.4) is 0 Å². The fourth-order valence-electron chi connectivity index (χ4n) is 11.7. The molecule has 1 spiro atoms. The van der Waals surface area contributed by atoms with Crippen LogP contribution in [0.1, 0.15) is 22.3 Å². The standard InChI is InChI=1S/C65H41NS/c1-3-18-44(19-4-1)49-39-40-50(45-20-5-2-6-21-45)64-61(49)54-26-15-32-60(63(54)67-64)66(48-37-35-43(36-38-48)47-34-33-42-17-7-8-22-46(42)41-47)59-31-16-30-58-62(59)53-25-11-14-29-57(53)65(58)55-27-12-9-23-51(55)52-24-10-13-28-56(52)65/h1-41H. The molecule has 312 valence electrons. The normalized spacial score (nSPS) is 12.9. The van der Waals surface area contributed by atoms with Crippen molar-refractivity contribution in [3.05, 3.63) is 271 Å². The van der Waals surface area contributed by atoms with Gasteiger partial charge < -0.3 is 4.90 Å². The van der Waals surface area contributed by atoms with Gasteiger partial charge in [0, 0.05) is 26.7 Å². The summed E-state index contributed by atoms with van der Waals surface area (Å²) in [7, 11) is 0. The quantitative estimate of drug-likeness (QED) is 0.161. The third-order valence-electron chi connectivity index (χ3n) is 14.5. The summed E-state index contributed by atoms with van der Waals surface area (Å²) in [5.74, 6) is 0. The van der Waals surface area contributed by atoms with E-state index >= 15 is 0 Å². The number of benzene rings is 11. The molecule has 0 aliphatic heterocycles. The van der Waals surface area contributed by atoms with Crippen molar-refractivity contribution in [2.75, 3.05) is 4.90 Å². The highest BCUT2D eigenvalue weighted by molar-refractivity contribution is 7.27. The molecule has 0 radical (unpaired) electrons. The highest BCUT2D eigenvalue weighted by atomic mass is 32.1. The zero-order valence-electron chi connectivity index (χ0n) is 36.5. The minimum atomic E-state index is -0.459. The van der Waals surface area contributed by atoms with Crippen LogP contribution < -0.4 is 4.90 Å². The van der Waals surface area contributed by atoms with Crippen LogP contribution in [0.25, 0.3) is 86.6 Å². The zero-order chi connectivity index (χ0) is 44.1. The van der Waals surface area contributed by atoms with E-state index in [4.69, 9.17) is 0 Å². The average molecular weight is 868 g/mol. The average Bonchev–Trinajstić information content (AvgIpc) is 4.05. The lowest BCUT2D eigenvalue weighted by atomic mass is 9.70. The second-order valence-corrected chi connectivity index (χ2v) is 18.9. The summed E-state index contributed by atoms with van der Waals surface area (Å²) in [5, 5.41) is 5.05. The molecule has 0 atom stereocenters. The lowest BCUT2D eigenvalue weighted by Crippen LogP contribution is -2.26. The van der Waals surface area contributed by atoms with Gasteiger partial charge in [-0.3, -0.25) is 0 Å². The van der Waals surface area contributed by atoms with Crippen LogP contribution in [0, 0.1) is 0 Å². The zero-order valence-corrected chi connectivity index (χ0v) is 37.3. The Balaban J connectivity index is 1.06. The number of nitrogens with zero attached hydrogens (tertiary/aromatic N) is 1. The van der Waals surface area contributed by atoms with Gasteiger partial charge in [0.15, 0.2) is 0 Å². The molecule has 12 aromatic rings. The Bertz CT molecular complexity index is 3870. The monoisotopic (exact) mass is 867 g/mol. The van der Waals surface area contributed by atoms with Crippen molar-refractivity contribution in [1.82, 2.24) is 0 Å². The van der Waals surface area contributed by atoms with E-state index in [2.05, 4.69) is 254 Å². The van der Waals surface area contributed by atoms with Gasteiger partial charge in [-0.25, -0.2) is 0 Å². The van der Waals surface area contributed by atoms with Crippen LogP contribution in [0.5, 0.6) is 0 Å². The number of rotatable bonds is 6. The molecule has 1 aromatic heterocycles. The minimum absolute atomic E-state index is 0.459. The molecule has 0 unspecified atom stereocenters. The van der Waals surface area contributed by atoms with Crippen molar-refractivity contribution in [1.29, 1.82) is 0 Å². The summed E-state index contributed by atoms with van der Waals surface area (Å²) < 4.78 is 2.55. The Morgan fingerprint density at radius 1 is 0.313 bits per heavy atom. The van der Waals surface area contributed by atoms with Gasteiger partial charge in [0.25, 0.3) is 0 Å². The Kier molecular flexibility index (Phi) is 8.44. The van der Waals surface area contributed by atoms with Crippen LogP contribution in [-0.4, -0.2) is 0 Å². The van der Waals surface area contributed by atoms with Crippen molar-refractivity contribution in [2.45, 2.75) is 5.41 Å². The summed E-state index contributed by atoms with van der Waals surface area (Å²) in [6, 6.07) is 92.5. The largest absolute Gasteiger partial charge is 0.308 e. The van der Waals surface area contributed by atoms with Crippen LogP contribution in [0.4, 0.5) is 17.1 Å². The van der Waals surface area contributed by atoms with Gasteiger partial charge in [-0.2, -0.15) is 0 Å². The molecular formula is C65H41NS. The van der Waals surface area contributed by atoms with E-state index in [1.54, 1.807) is 0 Å². The van der Waals surface area contributed by atoms with E-state index in [1.807, 2.05) is 11.3 Å². The fraction of sp³-hybridized carbons (Fsp3) is 0.0154. The first-order valence-corrected chi connectivity index (χ1v) is 24.0. The van der Waals surface area contributed by atoms with E-state index in [9.17, 15) is 0 Å². The van der Waals surface area contributed by atoms with E-state index in [1.165, 1.54) is 115 Å². The molecule has 2 heteroatoms. The van der Waals surface area contributed by atoms with Gasteiger partial charge in [0.1, 0.15) is 0 Å². The Hall–Kier alpha value is -8.30. The lowest BCUT2D eigenvalue weighted by molar-refractivity contribution is 0.794. The predicted octanol–water partition coefficient (Wildman–Crippen LogP) is 18.0. The van der Waals surface area contributed by atoms with Gasteiger partial charge in [0.2, 0.25) is 0 Å². The Morgan fingerprint density at radius 3 is 1.57 bits per heavy atom. The molecule has 0 saturated carbocycles. The SMILES string of the molecule is c1ccc(-c2ccc(-c3ccccc3)c3c2sc2c(N(c4ccc(-c5ccc6ccccc6c5)cc4)c4cccc5c4-c4ccccc4C54c5ccccc5-c5ccccc54)cccc23)cc1. The minimum Gasteiger partial charge on any atom is -0.308 e. The maximum Gasteiger partial charge on any atom is 0.0726 e. The number of thiophene rings is 1. The van der Waals surface area contributed by atoms with Crippen LogP contribution in [0.15, 0.2) is 249 Å². The lowest BCUT2D eigenvalue weighted by Gasteiger charge is -2.32. The first-order valence-electron chi connectivity index (χ1n) is 23.2. The molecule has 2 aliphatic rings. The summed E-state index contributed by atoms with van der Waals surface area (Å²) in [6.45, 7) is 0. The molecule has 0 bridgehead atoms. The third kappa shape index (κ3) is 5.54. The maximum atomic E-state index is 2.56. The van der Waals surface area contributed by atoms with Crippen LogP contribution >= 0.6 is 11.3 Å². The molecule has 11 aromatic carbocycles. The Labute approximate surface area is 394 Å². The molecule has 0 fully saturated rings. The molecule has 0 N–H and O–H groups in total. The van der Waals surface area contributed by atoms with Crippen molar-refractivity contribution >= 4 is 59.3 Å². The Morgan fingerprint density at radius 2 is 0.851 bits per heavy atom. The van der Waals surface area contributed by atoms with Gasteiger partial charge in [-0.05, 0) is 113 Å². The molecule has 0 saturated heterocycles. The van der Waals surface area contributed by atoms with Gasteiger partial charge in [-0.1, -0.05) is 218 Å². The predicted molar refractivity (Wildman–Crippen MR) is 284 cm³/mol. The fourth-order valence-corrected chi connectivity index (χ4v) is 13.0. The molecule has 1 heterocycles. The van der Waals surface area contributed by atoms with Crippen LogP contribution in [0.2, 0.25) is 0 Å². The first-order chi connectivity index (χ1) is 33.3. The molecular weight excluding hydrogens is 827 g/mol. The second-order valence-electron chi connectivity index (χ2n) is 17.9. The van der Waals surface area contributed by atoms with Crippen LogP contribution in [-0.2, 0) is 5.41 Å². The molecule has 0 amide bonds. The van der Waals surface area contributed by atoms with Crippen molar-refractivity contribution < 1.29 is 0 Å². The number of anilines is 3. The van der Waals surface area contributed by atoms with Gasteiger partial charge >= 0.3 is 0 Å². The third-order valence-corrected chi connectivity index (χ3v) is 15.7.